The van der Waals surface area contributed by atoms with Crippen LogP contribution in [0, 0.1) is 0 Å². The molecule has 8 heteroatoms. The standard InChI is InChI=1S/C12H9Cl3N4O/c13-6-3-8(19(4-6)7-1-2-7)12(20)18-9-10(14)16-5-17-11(9)15/h3-5,7H,1-2H2,(H,18,20). The molecule has 0 radical (unpaired) electrons. The second kappa shape index (κ2) is 5.24. The minimum atomic E-state index is -0.345. The molecule has 0 aliphatic heterocycles. The molecule has 1 aliphatic carbocycles. The Hall–Kier alpha value is -1.30. The van der Waals surface area contributed by atoms with Gasteiger partial charge in [0.25, 0.3) is 5.91 Å². The molecule has 0 saturated heterocycles. The molecule has 104 valence electrons. The summed E-state index contributed by atoms with van der Waals surface area (Å²) in [5.41, 5.74) is 0.661. The van der Waals surface area contributed by atoms with Crippen LogP contribution in [0.5, 0.6) is 0 Å². The van der Waals surface area contributed by atoms with Crippen LogP contribution in [-0.4, -0.2) is 20.4 Å². The molecule has 0 bridgehead atoms. The van der Waals surface area contributed by atoms with Crippen molar-refractivity contribution >= 4 is 46.4 Å². The molecule has 5 nitrogen and oxygen atoms in total. The third-order valence-electron chi connectivity index (χ3n) is 2.98. The summed E-state index contributed by atoms with van der Waals surface area (Å²) in [5.74, 6) is -0.345. The average Bonchev–Trinajstić information content (AvgIpc) is 3.17. The third-order valence-corrected chi connectivity index (χ3v) is 3.76. The number of halogens is 3. The molecule has 0 spiro atoms. The Morgan fingerprint density at radius 2 is 1.90 bits per heavy atom. The van der Waals surface area contributed by atoms with Gasteiger partial charge in [0.2, 0.25) is 0 Å². The highest BCUT2D eigenvalue weighted by atomic mass is 35.5. The van der Waals surface area contributed by atoms with Crippen molar-refractivity contribution < 1.29 is 4.79 Å². The molecule has 2 aromatic heterocycles. The van der Waals surface area contributed by atoms with E-state index in [-0.39, 0.29) is 21.9 Å². The van der Waals surface area contributed by atoms with Gasteiger partial charge in [-0.1, -0.05) is 34.8 Å². The van der Waals surface area contributed by atoms with Crippen molar-refractivity contribution in [3.63, 3.8) is 0 Å². The lowest BCUT2D eigenvalue weighted by Gasteiger charge is -2.10. The summed E-state index contributed by atoms with van der Waals surface area (Å²) < 4.78 is 1.86. The van der Waals surface area contributed by atoms with Gasteiger partial charge in [0, 0.05) is 12.2 Å². The minimum absolute atomic E-state index is 0.0916. The molecule has 0 atom stereocenters. The Bertz CT molecular complexity index is 661. The maximum absolute atomic E-state index is 12.3. The van der Waals surface area contributed by atoms with E-state index >= 15 is 0 Å². The molecule has 1 saturated carbocycles. The monoisotopic (exact) mass is 330 g/mol. The van der Waals surface area contributed by atoms with Gasteiger partial charge in [-0.25, -0.2) is 9.97 Å². The first-order valence-corrected chi connectivity index (χ1v) is 7.04. The Kier molecular flexibility index (Phi) is 3.58. The van der Waals surface area contributed by atoms with Gasteiger partial charge in [0.05, 0.1) is 5.02 Å². The van der Waals surface area contributed by atoms with E-state index < -0.39 is 0 Å². The van der Waals surface area contributed by atoms with E-state index in [2.05, 4.69) is 15.3 Å². The van der Waals surface area contributed by atoms with Gasteiger partial charge in [-0.15, -0.1) is 0 Å². The number of carbonyl (C=O) groups is 1. The van der Waals surface area contributed by atoms with Crippen LogP contribution in [0.4, 0.5) is 5.69 Å². The van der Waals surface area contributed by atoms with Crippen LogP contribution in [0.1, 0.15) is 29.4 Å². The number of hydrogen-bond donors (Lipinski definition) is 1. The summed E-state index contributed by atoms with van der Waals surface area (Å²) in [5, 5.41) is 3.32. The van der Waals surface area contributed by atoms with E-state index in [4.69, 9.17) is 34.8 Å². The lowest BCUT2D eigenvalue weighted by atomic mass is 10.3. The molecule has 1 aliphatic rings. The van der Waals surface area contributed by atoms with E-state index in [1.54, 1.807) is 12.3 Å². The number of amides is 1. The molecule has 1 fully saturated rings. The van der Waals surface area contributed by atoms with E-state index in [9.17, 15) is 4.79 Å². The quantitative estimate of drug-likeness (QED) is 0.870. The van der Waals surface area contributed by atoms with Crippen LogP contribution in [0.2, 0.25) is 15.3 Å². The highest BCUT2D eigenvalue weighted by Gasteiger charge is 2.28. The van der Waals surface area contributed by atoms with Gasteiger partial charge in [-0.2, -0.15) is 0 Å². The van der Waals surface area contributed by atoms with E-state index in [0.717, 1.165) is 12.8 Å². The molecule has 3 rings (SSSR count). The zero-order valence-corrected chi connectivity index (χ0v) is 12.4. The maximum atomic E-state index is 12.3. The predicted molar refractivity (Wildman–Crippen MR) is 77.7 cm³/mol. The van der Waals surface area contributed by atoms with Gasteiger partial charge >= 0.3 is 0 Å². The van der Waals surface area contributed by atoms with Crippen molar-refractivity contribution in [1.29, 1.82) is 0 Å². The van der Waals surface area contributed by atoms with Crippen LogP contribution < -0.4 is 5.32 Å². The molecule has 1 amide bonds. The van der Waals surface area contributed by atoms with E-state index in [0.29, 0.717) is 16.8 Å². The highest BCUT2D eigenvalue weighted by molar-refractivity contribution is 6.38. The van der Waals surface area contributed by atoms with Gasteiger partial charge in [0.15, 0.2) is 10.3 Å². The lowest BCUT2D eigenvalue weighted by molar-refractivity contribution is 0.101. The summed E-state index contributed by atoms with van der Waals surface area (Å²) in [4.78, 5) is 19.9. The fourth-order valence-corrected chi connectivity index (χ4v) is 2.53. The number of hydrogen-bond acceptors (Lipinski definition) is 3. The minimum Gasteiger partial charge on any atom is -0.339 e. The summed E-state index contributed by atoms with van der Waals surface area (Å²) in [7, 11) is 0. The second-order valence-electron chi connectivity index (χ2n) is 4.47. The van der Waals surface area contributed by atoms with Crippen LogP contribution in [-0.2, 0) is 0 Å². The average molecular weight is 332 g/mol. The first-order chi connectivity index (χ1) is 9.56. The Balaban J connectivity index is 1.90. The molecular formula is C12H9Cl3N4O. The van der Waals surface area contributed by atoms with Gasteiger partial charge in [-0.3, -0.25) is 4.79 Å². The summed E-state index contributed by atoms with van der Waals surface area (Å²) in [6.07, 6.45) is 5.06. The predicted octanol–water partition coefficient (Wildman–Crippen LogP) is 3.83. The summed E-state index contributed by atoms with van der Waals surface area (Å²) >= 11 is 17.8. The Morgan fingerprint density at radius 1 is 1.25 bits per heavy atom. The number of carbonyl (C=O) groups excluding carboxylic acids is 1. The van der Waals surface area contributed by atoms with Crippen molar-refractivity contribution in [2.75, 3.05) is 5.32 Å². The first-order valence-electron chi connectivity index (χ1n) is 5.91. The molecular weight excluding hydrogens is 323 g/mol. The zero-order valence-electron chi connectivity index (χ0n) is 10.1. The van der Waals surface area contributed by atoms with E-state index in [1.165, 1.54) is 6.33 Å². The molecule has 0 unspecified atom stereocenters. The SMILES string of the molecule is O=C(Nc1c(Cl)ncnc1Cl)c1cc(Cl)cn1C1CC1. The zero-order chi connectivity index (χ0) is 14.3. The summed E-state index contributed by atoms with van der Waals surface area (Å²) in [6, 6.07) is 1.95. The van der Waals surface area contributed by atoms with Crippen LogP contribution in [0.3, 0.4) is 0 Å². The molecule has 0 aromatic carbocycles. The third kappa shape index (κ3) is 2.61. The summed E-state index contributed by atoms with van der Waals surface area (Å²) in [6.45, 7) is 0. The highest BCUT2D eigenvalue weighted by Crippen LogP contribution is 2.37. The van der Waals surface area contributed by atoms with Crippen molar-refractivity contribution in [2.24, 2.45) is 0 Å². The van der Waals surface area contributed by atoms with Crippen molar-refractivity contribution in [2.45, 2.75) is 18.9 Å². The Labute approximate surface area is 129 Å². The molecule has 20 heavy (non-hydrogen) atoms. The first kappa shape index (κ1) is 13.7. The number of nitrogens with zero attached hydrogens (tertiary/aromatic N) is 3. The number of anilines is 1. The van der Waals surface area contributed by atoms with Gasteiger partial charge in [-0.05, 0) is 18.9 Å². The molecule has 2 aromatic rings. The van der Waals surface area contributed by atoms with E-state index in [1.807, 2.05) is 4.57 Å². The normalized spacial score (nSPS) is 14.3. The van der Waals surface area contributed by atoms with Crippen LogP contribution >= 0.6 is 34.8 Å². The smallest absolute Gasteiger partial charge is 0.272 e. The molecule has 1 N–H and O–H groups in total. The molecule has 2 heterocycles. The van der Waals surface area contributed by atoms with Crippen LogP contribution in [0.25, 0.3) is 0 Å². The largest absolute Gasteiger partial charge is 0.339 e. The van der Waals surface area contributed by atoms with Crippen molar-refractivity contribution in [3.8, 4) is 0 Å². The fourth-order valence-electron chi connectivity index (χ4n) is 1.91. The number of nitrogens with one attached hydrogen (secondary N) is 1. The lowest BCUT2D eigenvalue weighted by Crippen LogP contribution is -2.17. The van der Waals surface area contributed by atoms with Gasteiger partial charge < -0.3 is 9.88 Å². The van der Waals surface area contributed by atoms with Crippen molar-refractivity contribution in [3.05, 3.63) is 39.6 Å². The Morgan fingerprint density at radius 3 is 2.50 bits per heavy atom. The van der Waals surface area contributed by atoms with Crippen molar-refractivity contribution in [1.82, 2.24) is 14.5 Å². The number of aromatic nitrogens is 3. The second-order valence-corrected chi connectivity index (χ2v) is 5.62. The maximum Gasteiger partial charge on any atom is 0.272 e. The topological polar surface area (TPSA) is 59.8 Å². The van der Waals surface area contributed by atoms with Gasteiger partial charge in [0.1, 0.15) is 17.7 Å². The fraction of sp³-hybridized carbons (Fsp3) is 0.250. The van der Waals surface area contributed by atoms with Crippen LogP contribution in [0.15, 0.2) is 18.6 Å². The number of rotatable bonds is 3.